The Balaban J connectivity index is 2.06. The number of nitrogen functional groups attached to an aromatic ring is 1. The van der Waals surface area contributed by atoms with E-state index in [1.54, 1.807) is 37.3 Å². The third kappa shape index (κ3) is 3.89. The zero-order valence-electron chi connectivity index (χ0n) is 15.4. The molecular weight excluding hydrogens is 388 g/mol. The highest BCUT2D eigenvalue weighted by atomic mass is 32.2. The van der Waals surface area contributed by atoms with Crippen LogP contribution >= 0.6 is 0 Å². The van der Waals surface area contributed by atoms with Gasteiger partial charge in [0.05, 0.1) is 22.7 Å². The minimum atomic E-state index is -3.36. The molecule has 0 unspecified atom stereocenters. The van der Waals surface area contributed by atoms with Crippen LogP contribution in [-0.2, 0) is 16.6 Å². The second-order valence-corrected chi connectivity index (χ2v) is 8.16. The van der Waals surface area contributed by atoms with Gasteiger partial charge in [0.15, 0.2) is 0 Å². The molecule has 0 radical (unpaired) electrons. The topological polar surface area (TPSA) is 86.4 Å². The van der Waals surface area contributed by atoms with E-state index in [-0.39, 0.29) is 11.5 Å². The first kappa shape index (κ1) is 19.9. The van der Waals surface area contributed by atoms with Crippen LogP contribution in [0, 0.1) is 0 Å². The number of anilines is 2. The number of fused-ring (bicyclic) bond motifs is 1. The fourth-order valence-corrected chi connectivity index (χ4v) is 3.76. The Kier molecular flexibility index (Phi) is 5.46. The van der Waals surface area contributed by atoms with Crippen LogP contribution in [0.1, 0.15) is 13.8 Å². The predicted molar refractivity (Wildman–Crippen MR) is 107 cm³/mol. The van der Waals surface area contributed by atoms with Crippen molar-refractivity contribution in [3.8, 4) is 17.0 Å². The van der Waals surface area contributed by atoms with Crippen LogP contribution in [0.25, 0.3) is 22.2 Å². The standard InChI is InChI=1S/C19H21F2N3O3S/c1-3-24-16-11-14(27-19(20)21)9-10-15(16)17(22)18(24)12-5-7-13(8-6-12)23-28(25,26)4-2/h5-11,19,23H,3-4,22H2,1-2H3. The molecule has 2 aromatic carbocycles. The molecule has 1 heterocycles. The molecule has 0 aliphatic heterocycles. The average Bonchev–Trinajstić information content (AvgIpc) is 2.93. The second kappa shape index (κ2) is 7.67. The van der Waals surface area contributed by atoms with Gasteiger partial charge in [0.2, 0.25) is 10.0 Å². The first-order chi connectivity index (χ1) is 13.3. The number of hydrogen-bond acceptors (Lipinski definition) is 4. The van der Waals surface area contributed by atoms with E-state index in [0.29, 0.717) is 23.4 Å². The SMILES string of the molecule is CCn1c(-c2ccc(NS(=O)(=O)CC)cc2)c(N)c2ccc(OC(F)F)cc21. The molecule has 9 heteroatoms. The van der Waals surface area contributed by atoms with Crippen LogP contribution in [0.2, 0.25) is 0 Å². The number of halogens is 2. The first-order valence-corrected chi connectivity index (χ1v) is 10.4. The number of aromatic nitrogens is 1. The Hall–Kier alpha value is -2.81. The molecule has 0 bridgehead atoms. The summed E-state index contributed by atoms with van der Waals surface area (Å²) in [5.74, 6) is 0.0417. The van der Waals surface area contributed by atoms with Crippen molar-refractivity contribution in [2.24, 2.45) is 0 Å². The fraction of sp³-hybridized carbons (Fsp3) is 0.263. The van der Waals surface area contributed by atoms with Crippen LogP contribution in [0.4, 0.5) is 20.2 Å². The lowest BCUT2D eigenvalue weighted by Crippen LogP contribution is -2.14. The van der Waals surface area contributed by atoms with E-state index in [4.69, 9.17) is 5.73 Å². The number of nitrogens with two attached hydrogens (primary N) is 1. The molecule has 6 nitrogen and oxygen atoms in total. The summed E-state index contributed by atoms with van der Waals surface area (Å²) in [6.07, 6.45) is 0. The van der Waals surface area contributed by atoms with Crippen LogP contribution < -0.4 is 15.2 Å². The van der Waals surface area contributed by atoms with Gasteiger partial charge < -0.3 is 15.0 Å². The van der Waals surface area contributed by atoms with Crippen molar-refractivity contribution in [1.29, 1.82) is 0 Å². The van der Waals surface area contributed by atoms with Gasteiger partial charge in [-0.05, 0) is 38.1 Å². The molecule has 0 atom stereocenters. The van der Waals surface area contributed by atoms with Gasteiger partial charge >= 0.3 is 6.61 Å². The van der Waals surface area contributed by atoms with Crippen LogP contribution in [-0.4, -0.2) is 25.3 Å². The van der Waals surface area contributed by atoms with Crippen molar-refractivity contribution in [1.82, 2.24) is 4.57 Å². The average molecular weight is 409 g/mol. The summed E-state index contributed by atoms with van der Waals surface area (Å²) < 4.78 is 57.4. The highest BCUT2D eigenvalue weighted by Gasteiger charge is 2.17. The molecule has 0 saturated carbocycles. The van der Waals surface area contributed by atoms with Gasteiger partial charge in [-0.2, -0.15) is 8.78 Å². The second-order valence-electron chi connectivity index (χ2n) is 6.15. The van der Waals surface area contributed by atoms with E-state index >= 15 is 0 Å². The number of aryl methyl sites for hydroxylation is 1. The van der Waals surface area contributed by atoms with Gasteiger partial charge in [0, 0.05) is 29.2 Å². The van der Waals surface area contributed by atoms with E-state index in [1.807, 2.05) is 11.5 Å². The minimum Gasteiger partial charge on any atom is -0.435 e. The Morgan fingerprint density at radius 1 is 1.14 bits per heavy atom. The summed E-state index contributed by atoms with van der Waals surface area (Å²) in [6, 6.07) is 11.5. The fourth-order valence-electron chi connectivity index (χ4n) is 3.12. The van der Waals surface area contributed by atoms with Crippen LogP contribution in [0.5, 0.6) is 5.75 Å². The third-order valence-corrected chi connectivity index (χ3v) is 5.74. The highest BCUT2D eigenvalue weighted by Crippen LogP contribution is 2.38. The number of nitrogens with one attached hydrogen (secondary N) is 1. The quantitative estimate of drug-likeness (QED) is 0.610. The summed E-state index contributed by atoms with van der Waals surface area (Å²) in [4.78, 5) is 0. The molecule has 0 saturated heterocycles. The van der Waals surface area contributed by atoms with Crippen molar-refractivity contribution in [3.05, 3.63) is 42.5 Å². The van der Waals surface area contributed by atoms with E-state index in [1.165, 1.54) is 12.1 Å². The number of hydrogen-bond donors (Lipinski definition) is 2. The lowest BCUT2D eigenvalue weighted by molar-refractivity contribution is -0.0497. The van der Waals surface area contributed by atoms with E-state index in [2.05, 4.69) is 9.46 Å². The molecule has 3 N–H and O–H groups in total. The first-order valence-electron chi connectivity index (χ1n) is 8.73. The molecule has 3 rings (SSSR count). The normalized spacial score (nSPS) is 11.9. The minimum absolute atomic E-state index is 0.0191. The van der Waals surface area contributed by atoms with E-state index in [9.17, 15) is 17.2 Å². The maximum Gasteiger partial charge on any atom is 0.387 e. The zero-order valence-corrected chi connectivity index (χ0v) is 16.3. The largest absolute Gasteiger partial charge is 0.435 e. The maximum absolute atomic E-state index is 12.5. The Morgan fingerprint density at radius 2 is 1.82 bits per heavy atom. The highest BCUT2D eigenvalue weighted by molar-refractivity contribution is 7.92. The van der Waals surface area contributed by atoms with Crippen molar-refractivity contribution >= 4 is 32.3 Å². The molecule has 0 aliphatic carbocycles. The summed E-state index contributed by atoms with van der Waals surface area (Å²) in [6.45, 7) is 1.14. The molecule has 0 aliphatic rings. The molecule has 0 fully saturated rings. The summed E-state index contributed by atoms with van der Waals surface area (Å²) in [5.41, 5.74) is 9.51. The molecule has 3 aromatic rings. The summed E-state index contributed by atoms with van der Waals surface area (Å²) in [7, 11) is -3.36. The van der Waals surface area contributed by atoms with Crippen molar-refractivity contribution in [2.45, 2.75) is 27.0 Å². The molecule has 28 heavy (non-hydrogen) atoms. The number of nitrogens with zero attached hydrogens (tertiary/aromatic N) is 1. The van der Waals surface area contributed by atoms with Gasteiger partial charge in [-0.1, -0.05) is 12.1 Å². The number of ether oxygens (including phenoxy) is 1. The van der Waals surface area contributed by atoms with Gasteiger partial charge in [0.25, 0.3) is 0 Å². The molecular formula is C19H21F2N3O3S. The lowest BCUT2D eigenvalue weighted by atomic mass is 10.1. The molecule has 1 aromatic heterocycles. The predicted octanol–water partition coefficient (Wildman–Crippen LogP) is 4.27. The van der Waals surface area contributed by atoms with Crippen LogP contribution in [0.15, 0.2) is 42.5 Å². The number of benzene rings is 2. The Morgan fingerprint density at radius 3 is 2.39 bits per heavy atom. The molecule has 0 amide bonds. The lowest BCUT2D eigenvalue weighted by Gasteiger charge is -2.11. The molecule has 150 valence electrons. The Labute approximate surface area is 162 Å². The number of alkyl halides is 2. The smallest absolute Gasteiger partial charge is 0.387 e. The third-order valence-electron chi connectivity index (χ3n) is 4.43. The summed E-state index contributed by atoms with van der Waals surface area (Å²) >= 11 is 0. The monoisotopic (exact) mass is 409 g/mol. The number of sulfonamides is 1. The van der Waals surface area contributed by atoms with E-state index in [0.717, 1.165) is 16.6 Å². The van der Waals surface area contributed by atoms with Crippen molar-refractivity contribution < 1.29 is 21.9 Å². The zero-order chi connectivity index (χ0) is 20.5. The van der Waals surface area contributed by atoms with Crippen molar-refractivity contribution in [2.75, 3.05) is 16.2 Å². The Bertz CT molecular complexity index is 1090. The molecule has 0 spiro atoms. The van der Waals surface area contributed by atoms with Gasteiger partial charge in [-0.3, -0.25) is 4.72 Å². The maximum atomic E-state index is 12.5. The van der Waals surface area contributed by atoms with Gasteiger partial charge in [-0.25, -0.2) is 8.42 Å². The number of rotatable bonds is 7. The summed E-state index contributed by atoms with van der Waals surface area (Å²) in [5, 5.41) is 0.731. The van der Waals surface area contributed by atoms with E-state index < -0.39 is 16.6 Å². The van der Waals surface area contributed by atoms with Gasteiger partial charge in [-0.15, -0.1) is 0 Å². The van der Waals surface area contributed by atoms with Crippen LogP contribution in [0.3, 0.4) is 0 Å². The van der Waals surface area contributed by atoms with Crippen molar-refractivity contribution in [3.63, 3.8) is 0 Å². The van der Waals surface area contributed by atoms with Gasteiger partial charge in [0.1, 0.15) is 5.75 Å².